The molecule has 1 rings (SSSR count). The van der Waals surface area contributed by atoms with Gasteiger partial charge in [-0.2, -0.15) is 0 Å². The van der Waals surface area contributed by atoms with Crippen molar-refractivity contribution in [2.75, 3.05) is 32.8 Å². The normalized spacial score (nSPS) is 14.0. The van der Waals surface area contributed by atoms with Crippen molar-refractivity contribution in [3.05, 3.63) is 29.8 Å². The van der Waals surface area contributed by atoms with E-state index in [9.17, 15) is 77.6 Å². The smallest absolute Gasteiger partial charge is 0.326 e. The molecule has 31 heteroatoms. The Kier molecular flexibility index (Phi) is 28.3. The summed E-state index contributed by atoms with van der Waals surface area (Å²) in [5.74, 6) is -13.7. The Labute approximate surface area is 416 Å². The maximum atomic E-state index is 13.6. The maximum Gasteiger partial charge on any atom is 0.326 e. The standard InChI is InChI=1S/C42H66N14O17/c1-20(50-38(68)26(10-12-31(46)61)53-36(66)23(44)14-21-5-7-22(59)8-6-21)35(65)52-24(4-2-3-13-43)39(69)56-29(19-58)41(71)54-25(9-11-30(45)60)37(67)49-16-33(63)48-17-34(64)51-28(18-57)40(70)55-27(42(72)73)15-32(47)62/h5-8,20,23-29,57-59H,2-4,9-19,43-44H2,1H3,(H2,45,60)(H2,46,61)(H2,47,62)(H,48,63)(H,49,67)(H,50,68)(H,51,64)(H,52,65)(H,53,66)(H,54,71)(H,55,70)(H,56,69)(H,72,73). The topological polar surface area (TPSA) is 541 Å². The average molecular weight is 1040 g/mol. The lowest BCUT2D eigenvalue weighted by Crippen LogP contribution is -2.60. The lowest BCUT2D eigenvalue weighted by Gasteiger charge is -2.26. The molecule has 0 saturated carbocycles. The van der Waals surface area contributed by atoms with Gasteiger partial charge in [-0.1, -0.05) is 12.1 Å². The molecule has 1 aromatic rings. The number of aliphatic hydroxyl groups excluding tert-OH is 2. The average Bonchev–Trinajstić information content (AvgIpc) is 3.32. The van der Waals surface area contributed by atoms with Crippen molar-refractivity contribution in [2.24, 2.45) is 28.7 Å². The number of carbonyl (C=O) groups is 13. The minimum absolute atomic E-state index is 0.00531. The Hall–Kier alpha value is -8.03. The highest BCUT2D eigenvalue weighted by molar-refractivity contribution is 5.98. The monoisotopic (exact) mass is 1040 g/mol. The fourth-order valence-corrected chi connectivity index (χ4v) is 6.19. The zero-order valence-electron chi connectivity index (χ0n) is 39.8. The molecule has 12 amide bonds. The number of carboxylic acids is 1. The van der Waals surface area contributed by atoms with E-state index in [0.29, 0.717) is 12.0 Å². The third-order valence-electron chi connectivity index (χ3n) is 10.2. The van der Waals surface area contributed by atoms with Crippen LogP contribution in [0.4, 0.5) is 0 Å². The molecule has 1 aromatic carbocycles. The molecule has 0 aliphatic heterocycles. The number of nitrogens with two attached hydrogens (primary N) is 5. The first kappa shape index (κ1) is 63.0. The number of nitrogens with one attached hydrogen (secondary N) is 9. The van der Waals surface area contributed by atoms with E-state index in [4.69, 9.17) is 33.8 Å². The number of primary amides is 3. The van der Waals surface area contributed by atoms with Crippen molar-refractivity contribution in [1.82, 2.24) is 47.9 Å². The first-order chi connectivity index (χ1) is 34.3. The van der Waals surface area contributed by atoms with Crippen molar-refractivity contribution in [3.8, 4) is 5.75 Å². The molecule has 31 nitrogen and oxygen atoms in total. The van der Waals surface area contributed by atoms with Gasteiger partial charge < -0.3 is 96.9 Å². The quantitative estimate of drug-likeness (QED) is 0.0281. The molecule has 73 heavy (non-hydrogen) atoms. The van der Waals surface area contributed by atoms with Crippen LogP contribution in [0.15, 0.2) is 24.3 Å². The molecule has 23 N–H and O–H groups in total. The Balaban J connectivity index is 3.01. The summed E-state index contributed by atoms with van der Waals surface area (Å²) < 4.78 is 0. The van der Waals surface area contributed by atoms with Gasteiger partial charge in [0.25, 0.3) is 0 Å². The van der Waals surface area contributed by atoms with E-state index in [1.807, 2.05) is 10.6 Å². The molecule has 0 fully saturated rings. The third-order valence-corrected chi connectivity index (χ3v) is 10.2. The summed E-state index contributed by atoms with van der Waals surface area (Å²) in [4.78, 5) is 163. The molecule has 0 aliphatic rings. The number of unbranched alkanes of at least 4 members (excludes halogenated alkanes) is 1. The second-order valence-corrected chi connectivity index (χ2v) is 16.3. The van der Waals surface area contributed by atoms with Crippen LogP contribution in [0.5, 0.6) is 5.75 Å². The van der Waals surface area contributed by atoms with Gasteiger partial charge in [-0.05, 0) is 69.7 Å². The number of rotatable bonds is 35. The SMILES string of the molecule is CC(NC(=O)C(CCC(N)=O)NC(=O)C(N)Cc1ccc(O)cc1)C(=O)NC(CCCCN)C(=O)NC(CO)C(=O)NC(CCC(N)=O)C(=O)NCC(=O)NCC(=O)NC(CO)C(=O)NC(CC(N)=O)C(=O)O. The molecule has 8 atom stereocenters. The highest BCUT2D eigenvalue weighted by atomic mass is 16.4. The second kappa shape index (κ2) is 32.8. The van der Waals surface area contributed by atoms with Crippen LogP contribution in [0, 0.1) is 0 Å². The molecule has 406 valence electrons. The van der Waals surface area contributed by atoms with Crippen LogP contribution in [0.25, 0.3) is 0 Å². The number of aliphatic carboxylic acids is 1. The first-order valence-electron chi connectivity index (χ1n) is 22.5. The lowest BCUT2D eigenvalue weighted by molar-refractivity contribution is -0.144. The summed E-state index contributed by atoms with van der Waals surface area (Å²) in [6.07, 6.45) is -1.85. The number of phenols is 1. The van der Waals surface area contributed by atoms with Crippen LogP contribution in [-0.4, -0.2) is 178 Å². The Morgan fingerprint density at radius 2 is 0.973 bits per heavy atom. The number of carboxylic acid groups (broad SMARTS) is 1. The maximum absolute atomic E-state index is 13.6. The van der Waals surface area contributed by atoms with Gasteiger partial charge in [0.15, 0.2) is 0 Å². The fourth-order valence-electron chi connectivity index (χ4n) is 6.19. The molecular formula is C42H66N14O17. The van der Waals surface area contributed by atoms with E-state index in [-0.39, 0.29) is 44.4 Å². The van der Waals surface area contributed by atoms with Gasteiger partial charge in [0, 0.05) is 12.8 Å². The van der Waals surface area contributed by atoms with Gasteiger partial charge in [0.05, 0.1) is 38.8 Å². The minimum Gasteiger partial charge on any atom is -0.508 e. The molecule has 0 spiro atoms. The Morgan fingerprint density at radius 3 is 1.49 bits per heavy atom. The summed E-state index contributed by atoms with van der Waals surface area (Å²) in [6, 6.07) is -6.52. The predicted molar refractivity (Wildman–Crippen MR) is 250 cm³/mol. The lowest BCUT2D eigenvalue weighted by atomic mass is 10.0. The molecule has 0 aliphatic carbocycles. The summed E-state index contributed by atoms with van der Waals surface area (Å²) in [5.41, 5.74) is 27.7. The number of benzene rings is 1. The van der Waals surface area contributed by atoms with Crippen molar-refractivity contribution >= 4 is 76.9 Å². The number of aromatic hydroxyl groups is 1. The zero-order valence-corrected chi connectivity index (χ0v) is 39.8. The largest absolute Gasteiger partial charge is 0.508 e. The van der Waals surface area contributed by atoms with Crippen LogP contribution < -0.4 is 76.5 Å². The molecular weight excluding hydrogens is 973 g/mol. The number of phenolic OH excluding ortho intramolecular Hbond substituents is 1. The van der Waals surface area contributed by atoms with Crippen molar-refractivity contribution in [3.63, 3.8) is 0 Å². The number of hydrogen-bond donors (Lipinski definition) is 18. The number of carbonyl (C=O) groups excluding carboxylic acids is 12. The van der Waals surface area contributed by atoms with Crippen LogP contribution in [0.1, 0.15) is 63.9 Å². The van der Waals surface area contributed by atoms with Gasteiger partial charge in [-0.15, -0.1) is 0 Å². The second-order valence-electron chi connectivity index (χ2n) is 16.3. The predicted octanol–water partition coefficient (Wildman–Crippen LogP) is -9.49. The molecule has 0 bridgehead atoms. The van der Waals surface area contributed by atoms with E-state index in [0.717, 1.165) is 0 Å². The van der Waals surface area contributed by atoms with E-state index in [1.54, 1.807) is 0 Å². The fraction of sp³-hybridized carbons (Fsp3) is 0.548. The zero-order chi connectivity index (χ0) is 55.4. The summed E-state index contributed by atoms with van der Waals surface area (Å²) in [7, 11) is 0. The van der Waals surface area contributed by atoms with E-state index in [2.05, 4.69) is 37.2 Å². The van der Waals surface area contributed by atoms with Gasteiger partial charge in [0.1, 0.15) is 48.0 Å². The molecule has 0 aromatic heterocycles. The van der Waals surface area contributed by atoms with Crippen LogP contribution >= 0.6 is 0 Å². The van der Waals surface area contributed by atoms with Gasteiger partial charge in [-0.25, -0.2) is 4.79 Å². The van der Waals surface area contributed by atoms with Gasteiger partial charge in [-0.3, -0.25) is 57.5 Å². The minimum atomic E-state index is -1.80. The summed E-state index contributed by atoms with van der Waals surface area (Å²) in [6.45, 7) is -2.39. The molecule has 8 unspecified atom stereocenters. The van der Waals surface area contributed by atoms with Crippen molar-refractivity contribution in [1.29, 1.82) is 0 Å². The van der Waals surface area contributed by atoms with Crippen LogP contribution in [-0.2, 0) is 68.7 Å². The van der Waals surface area contributed by atoms with E-state index < -0.39 is 171 Å². The van der Waals surface area contributed by atoms with Crippen molar-refractivity contribution < 1.29 is 82.8 Å². The van der Waals surface area contributed by atoms with E-state index in [1.165, 1.54) is 31.2 Å². The Morgan fingerprint density at radius 1 is 0.521 bits per heavy atom. The van der Waals surface area contributed by atoms with Crippen LogP contribution in [0.2, 0.25) is 0 Å². The van der Waals surface area contributed by atoms with Gasteiger partial charge in [0.2, 0.25) is 70.9 Å². The number of amides is 12. The summed E-state index contributed by atoms with van der Waals surface area (Å²) >= 11 is 0. The summed E-state index contributed by atoms with van der Waals surface area (Å²) in [5, 5.41) is 58.2. The molecule has 0 saturated heterocycles. The molecule has 0 radical (unpaired) electrons. The van der Waals surface area contributed by atoms with Crippen molar-refractivity contribution in [2.45, 2.75) is 113 Å². The third kappa shape index (κ3) is 25.1. The number of aliphatic hydroxyl groups is 2. The van der Waals surface area contributed by atoms with E-state index >= 15 is 0 Å². The highest BCUT2D eigenvalue weighted by Crippen LogP contribution is 2.12. The number of hydrogen-bond acceptors (Lipinski definition) is 18. The van der Waals surface area contributed by atoms with Crippen LogP contribution in [0.3, 0.4) is 0 Å². The Bertz CT molecular complexity index is 2130. The first-order valence-corrected chi connectivity index (χ1v) is 22.5. The highest BCUT2D eigenvalue weighted by Gasteiger charge is 2.33. The molecule has 0 heterocycles. The van der Waals surface area contributed by atoms with Gasteiger partial charge >= 0.3 is 5.97 Å².